The highest BCUT2D eigenvalue weighted by Gasteiger charge is 2.20. The zero-order valence-electron chi connectivity index (χ0n) is 12.0. The highest BCUT2D eigenvalue weighted by atomic mass is 16.6. The maximum absolute atomic E-state index is 11.4. The molecule has 0 radical (unpaired) electrons. The lowest BCUT2D eigenvalue weighted by atomic mass is 10.2. The standard InChI is InChI=1S/C13H13NO10/c14-7(13(22)24-12(21)6-3-9(17)18)1-4-10(19)23-11(20)5-2-8(15)16/h2-3,5-7H,1,4,14H2,(H,15,16)(H,17,18)/b5-2+,6-3+/t7-/m0/s1. The van der Waals surface area contributed by atoms with Crippen molar-refractivity contribution in [3.05, 3.63) is 24.3 Å². The van der Waals surface area contributed by atoms with Gasteiger partial charge in [-0.15, -0.1) is 0 Å². The average molecular weight is 343 g/mol. The Labute approximate surface area is 134 Å². The van der Waals surface area contributed by atoms with Crippen molar-refractivity contribution in [1.82, 2.24) is 0 Å². The summed E-state index contributed by atoms with van der Waals surface area (Å²) in [6, 6.07) is -1.40. The molecule has 0 bridgehead atoms. The van der Waals surface area contributed by atoms with Crippen molar-refractivity contribution < 1.29 is 48.5 Å². The Morgan fingerprint density at radius 3 is 1.75 bits per heavy atom. The number of nitrogens with two attached hydrogens (primary N) is 1. The fraction of sp³-hybridized carbons (Fsp3) is 0.231. The van der Waals surface area contributed by atoms with Gasteiger partial charge in [-0.1, -0.05) is 0 Å². The van der Waals surface area contributed by atoms with Gasteiger partial charge in [0.2, 0.25) is 0 Å². The van der Waals surface area contributed by atoms with Crippen LogP contribution in [0.25, 0.3) is 0 Å². The Morgan fingerprint density at radius 1 is 0.833 bits per heavy atom. The zero-order valence-corrected chi connectivity index (χ0v) is 12.0. The van der Waals surface area contributed by atoms with Gasteiger partial charge < -0.3 is 25.4 Å². The van der Waals surface area contributed by atoms with Crippen LogP contribution >= 0.6 is 0 Å². The van der Waals surface area contributed by atoms with Crippen LogP contribution in [0, 0.1) is 0 Å². The minimum absolute atomic E-state index is 0.330. The molecule has 0 aromatic rings. The number of ether oxygens (including phenoxy) is 2. The third-order valence-corrected chi connectivity index (χ3v) is 2.10. The first-order chi connectivity index (χ1) is 11.1. The van der Waals surface area contributed by atoms with Gasteiger partial charge in [0.25, 0.3) is 0 Å². The van der Waals surface area contributed by atoms with E-state index >= 15 is 0 Å². The van der Waals surface area contributed by atoms with Gasteiger partial charge in [0, 0.05) is 30.7 Å². The molecule has 0 saturated carbocycles. The number of esters is 4. The van der Waals surface area contributed by atoms with Gasteiger partial charge in [0.05, 0.1) is 0 Å². The predicted octanol–water partition coefficient (Wildman–Crippen LogP) is -1.48. The van der Waals surface area contributed by atoms with Crippen LogP contribution in [0.15, 0.2) is 24.3 Å². The van der Waals surface area contributed by atoms with E-state index in [2.05, 4.69) is 9.47 Å². The average Bonchev–Trinajstić information content (AvgIpc) is 2.48. The largest absolute Gasteiger partial charge is 0.478 e. The molecule has 0 fully saturated rings. The Kier molecular flexibility index (Phi) is 8.95. The molecule has 0 aliphatic carbocycles. The number of carbonyl (C=O) groups is 6. The second-order valence-corrected chi connectivity index (χ2v) is 4.02. The molecule has 0 rings (SSSR count). The number of rotatable bonds is 8. The summed E-state index contributed by atoms with van der Waals surface area (Å²) in [7, 11) is 0. The molecule has 0 aromatic heterocycles. The molecule has 1 atom stereocenters. The molecule has 11 nitrogen and oxygen atoms in total. The number of hydrogen-bond donors (Lipinski definition) is 3. The number of hydrogen-bond acceptors (Lipinski definition) is 9. The summed E-state index contributed by atoms with van der Waals surface area (Å²) < 4.78 is 8.39. The second-order valence-electron chi connectivity index (χ2n) is 4.02. The fourth-order valence-corrected chi connectivity index (χ4v) is 1.08. The van der Waals surface area contributed by atoms with E-state index in [-0.39, 0.29) is 6.42 Å². The van der Waals surface area contributed by atoms with Crippen LogP contribution in [0.1, 0.15) is 12.8 Å². The molecule has 0 heterocycles. The van der Waals surface area contributed by atoms with E-state index in [9.17, 15) is 28.8 Å². The van der Waals surface area contributed by atoms with Crippen LogP contribution in [-0.2, 0) is 38.2 Å². The Balaban J connectivity index is 4.25. The summed E-state index contributed by atoms with van der Waals surface area (Å²) >= 11 is 0. The number of aliphatic carboxylic acids is 2. The predicted molar refractivity (Wildman–Crippen MR) is 73.0 cm³/mol. The van der Waals surface area contributed by atoms with E-state index < -0.39 is 48.3 Å². The molecular weight excluding hydrogens is 330 g/mol. The molecule has 11 heteroatoms. The van der Waals surface area contributed by atoms with Crippen LogP contribution in [0.2, 0.25) is 0 Å². The molecule has 0 aliphatic heterocycles. The van der Waals surface area contributed by atoms with Crippen LogP contribution in [0.3, 0.4) is 0 Å². The zero-order chi connectivity index (χ0) is 18.7. The monoisotopic (exact) mass is 343 g/mol. The van der Waals surface area contributed by atoms with Crippen molar-refractivity contribution in [1.29, 1.82) is 0 Å². The number of carboxylic acids is 2. The second kappa shape index (κ2) is 10.4. The van der Waals surface area contributed by atoms with Crippen molar-refractivity contribution in [2.24, 2.45) is 5.73 Å². The fourth-order valence-electron chi connectivity index (χ4n) is 1.08. The van der Waals surface area contributed by atoms with Crippen LogP contribution in [0.4, 0.5) is 0 Å². The Hall–Kier alpha value is -3.34. The van der Waals surface area contributed by atoms with E-state index in [0.29, 0.717) is 24.3 Å². The van der Waals surface area contributed by atoms with E-state index in [1.807, 2.05) is 0 Å². The first-order valence-corrected chi connectivity index (χ1v) is 6.19. The van der Waals surface area contributed by atoms with Crippen LogP contribution in [-0.4, -0.2) is 52.1 Å². The minimum Gasteiger partial charge on any atom is -0.478 e. The first kappa shape index (κ1) is 20.7. The van der Waals surface area contributed by atoms with Gasteiger partial charge in [-0.05, 0) is 6.42 Å². The van der Waals surface area contributed by atoms with Crippen LogP contribution < -0.4 is 5.73 Å². The van der Waals surface area contributed by atoms with Crippen molar-refractivity contribution >= 4 is 35.8 Å². The van der Waals surface area contributed by atoms with Gasteiger partial charge in [-0.2, -0.15) is 0 Å². The van der Waals surface area contributed by atoms with Crippen molar-refractivity contribution in [3.63, 3.8) is 0 Å². The summed E-state index contributed by atoms with van der Waals surface area (Å²) in [6.07, 6.45) is 1.12. The van der Waals surface area contributed by atoms with Gasteiger partial charge in [-0.25, -0.2) is 24.0 Å². The topological polar surface area (TPSA) is 187 Å². The normalized spacial score (nSPS) is 11.9. The molecule has 0 unspecified atom stereocenters. The van der Waals surface area contributed by atoms with Crippen LogP contribution in [0.5, 0.6) is 0 Å². The molecule has 0 aromatic carbocycles. The van der Waals surface area contributed by atoms with E-state index in [4.69, 9.17) is 15.9 Å². The quantitative estimate of drug-likeness (QED) is 0.265. The van der Waals surface area contributed by atoms with Gasteiger partial charge in [-0.3, -0.25) is 4.79 Å². The summed E-state index contributed by atoms with van der Waals surface area (Å²) in [5.74, 6) is -7.59. The van der Waals surface area contributed by atoms with Gasteiger partial charge >= 0.3 is 35.8 Å². The lowest BCUT2D eigenvalue weighted by molar-refractivity contribution is -0.157. The lowest BCUT2D eigenvalue weighted by Crippen LogP contribution is -2.34. The molecular formula is C13H13NO10. The van der Waals surface area contributed by atoms with E-state index in [0.717, 1.165) is 0 Å². The number of carboxylic acid groups (broad SMARTS) is 2. The smallest absolute Gasteiger partial charge is 0.338 e. The third kappa shape index (κ3) is 10.4. The summed E-state index contributed by atoms with van der Waals surface area (Å²) in [6.45, 7) is 0. The summed E-state index contributed by atoms with van der Waals surface area (Å²) in [5, 5.41) is 16.5. The maximum Gasteiger partial charge on any atom is 0.338 e. The van der Waals surface area contributed by atoms with E-state index in [1.165, 1.54) is 0 Å². The van der Waals surface area contributed by atoms with Gasteiger partial charge in [0.15, 0.2) is 0 Å². The Morgan fingerprint density at radius 2 is 1.29 bits per heavy atom. The van der Waals surface area contributed by atoms with Gasteiger partial charge in [0.1, 0.15) is 6.04 Å². The lowest BCUT2D eigenvalue weighted by Gasteiger charge is -2.08. The minimum atomic E-state index is -1.42. The highest BCUT2D eigenvalue weighted by Crippen LogP contribution is 2.01. The van der Waals surface area contributed by atoms with Crippen molar-refractivity contribution in [2.75, 3.05) is 0 Å². The molecule has 0 amide bonds. The van der Waals surface area contributed by atoms with E-state index in [1.54, 1.807) is 0 Å². The first-order valence-electron chi connectivity index (χ1n) is 6.19. The Bertz CT molecular complexity index is 604. The molecule has 0 aliphatic rings. The number of carbonyl (C=O) groups excluding carboxylic acids is 4. The maximum atomic E-state index is 11.4. The third-order valence-electron chi connectivity index (χ3n) is 2.10. The van der Waals surface area contributed by atoms with Crippen molar-refractivity contribution in [3.8, 4) is 0 Å². The molecule has 0 spiro atoms. The van der Waals surface area contributed by atoms with Crippen molar-refractivity contribution in [2.45, 2.75) is 18.9 Å². The molecule has 4 N–H and O–H groups in total. The molecule has 130 valence electrons. The highest BCUT2D eigenvalue weighted by molar-refractivity contribution is 5.98. The summed E-state index contributed by atoms with van der Waals surface area (Å²) in [4.78, 5) is 64.9. The molecule has 24 heavy (non-hydrogen) atoms. The SMILES string of the molecule is N[C@@H](CCC(=O)OC(=O)/C=C/C(=O)O)C(=O)OC(=O)/C=C/C(=O)O. The molecule has 0 saturated heterocycles. The summed E-state index contributed by atoms with van der Waals surface area (Å²) in [5.41, 5.74) is 5.35.